The van der Waals surface area contributed by atoms with Gasteiger partial charge in [-0.05, 0) is 30.7 Å². The number of carbonyl (C=O) groups excluding carboxylic acids is 1. The number of rotatable bonds is 5. The summed E-state index contributed by atoms with van der Waals surface area (Å²) in [7, 11) is 0. The molecule has 1 atom stereocenters. The minimum Gasteiger partial charge on any atom is -0.318 e. The third-order valence-corrected chi connectivity index (χ3v) is 5.04. The van der Waals surface area contributed by atoms with Gasteiger partial charge in [0.1, 0.15) is 5.69 Å². The Balaban J connectivity index is 1.54. The maximum Gasteiger partial charge on any atom is 0.416 e. The van der Waals surface area contributed by atoms with E-state index in [-0.39, 0.29) is 17.4 Å². The van der Waals surface area contributed by atoms with Crippen molar-refractivity contribution in [3.05, 3.63) is 77.6 Å². The molecule has 0 saturated heterocycles. The summed E-state index contributed by atoms with van der Waals surface area (Å²) in [5.41, 5.74) is -2.19. The van der Waals surface area contributed by atoms with E-state index in [1.807, 2.05) is 0 Å². The molecule has 0 spiro atoms. The zero-order chi connectivity index (χ0) is 25.4. The van der Waals surface area contributed by atoms with E-state index < -0.39 is 41.0 Å². The normalized spacial score (nSPS) is 13.0. The number of hydrogen-bond acceptors (Lipinski definition) is 5. The molecule has 0 unspecified atom stereocenters. The lowest BCUT2D eigenvalue weighted by Gasteiger charge is -2.20. The number of amides is 1. The second kappa shape index (κ2) is 8.85. The summed E-state index contributed by atoms with van der Waals surface area (Å²) in [5, 5.41) is 13.0. The fourth-order valence-electron chi connectivity index (χ4n) is 3.30. The second-order valence-corrected chi connectivity index (χ2v) is 7.39. The van der Waals surface area contributed by atoms with Gasteiger partial charge in [0.05, 0.1) is 40.9 Å². The Morgan fingerprint density at radius 3 is 2.49 bits per heavy atom. The minimum atomic E-state index is -5.02. The first-order chi connectivity index (χ1) is 16.4. The van der Waals surface area contributed by atoms with Crippen molar-refractivity contribution in [1.82, 2.24) is 29.9 Å². The summed E-state index contributed by atoms with van der Waals surface area (Å²) >= 11 is 0. The molecule has 4 aromatic rings. The van der Waals surface area contributed by atoms with Gasteiger partial charge in [-0.15, -0.1) is 0 Å². The molecule has 0 aliphatic heterocycles. The third kappa shape index (κ3) is 5.15. The highest BCUT2D eigenvalue weighted by molar-refractivity contribution is 6.03. The number of aromatic nitrogens is 6. The van der Waals surface area contributed by atoms with E-state index in [0.29, 0.717) is 17.5 Å². The highest BCUT2D eigenvalue weighted by Gasteiger charge is 2.39. The number of aromatic amines is 1. The molecule has 182 valence electrons. The standard InChI is InChI=1S/C21H15F6N7O/c1-11(14-3-2-12(20(22,23)24)6-15(14)21(25,26)27)34-10-13(8-30-34)31-19(35)17-7-16(32-33-17)18-9-28-4-5-29-18/h2-11H,1H3,(H,31,35)(H,32,33)/t11-/m0/s1. The Morgan fingerprint density at radius 1 is 1.06 bits per heavy atom. The predicted molar refractivity (Wildman–Crippen MR) is 110 cm³/mol. The molecule has 0 saturated carbocycles. The molecule has 8 nitrogen and oxygen atoms in total. The van der Waals surface area contributed by atoms with Gasteiger partial charge < -0.3 is 5.32 Å². The number of H-pyrrole nitrogens is 1. The van der Waals surface area contributed by atoms with Gasteiger partial charge in [0.25, 0.3) is 5.91 Å². The zero-order valence-electron chi connectivity index (χ0n) is 17.7. The van der Waals surface area contributed by atoms with Crippen molar-refractivity contribution in [3.8, 4) is 11.4 Å². The topological polar surface area (TPSA) is 101 Å². The molecule has 0 aliphatic carbocycles. The fraction of sp³-hybridized carbons (Fsp3) is 0.190. The molecular formula is C21H15F6N7O. The first-order valence-corrected chi connectivity index (χ1v) is 9.89. The molecule has 1 amide bonds. The molecule has 4 rings (SSSR count). The molecule has 0 fully saturated rings. The number of nitrogens with zero attached hydrogens (tertiary/aromatic N) is 5. The number of nitrogens with one attached hydrogen (secondary N) is 2. The van der Waals surface area contributed by atoms with Gasteiger partial charge in [-0.25, -0.2) is 0 Å². The number of halogens is 6. The Kier molecular flexibility index (Phi) is 6.05. The van der Waals surface area contributed by atoms with Gasteiger partial charge in [-0.2, -0.15) is 36.5 Å². The summed E-state index contributed by atoms with van der Waals surface area (Å²) in [6.07, 6.45) is -3.07. The van der Waals surface area contributed by atoms with Crippen LogP contribution in [0.5, 0.6) is 0 Å². The van der Waals surface area contributed by atoms with Crippen molar-refractivity contribution < 1.29 is 31.1 Å². The van der Waals surface area contributed by atoms with E-state index in [1.165, 1.54) is 44.0 Å². The molecule has 0 radical (unpaired) electrons. The Hall–Kier alpha value is -4.23. The minimum absolute atomic E-state index is 0.00792. The van der Waals surface area contributed by atoms with Gasteiger partial charge in [0.15, 0.2) is 5.69 Å². The first kappa shape index (κ1) is 23.9. The van der Waals surface area contributed by atoms with Crippen molar-refractivity contribution in [2.45, 2.75) is 25.3 Å². The molecule has 35 heavy (non-hydrogen) atoms. The average Bonchev–Trinajstić information content (AvgIpc) is 3.48. The molecule has 0 bridgehead atoms. The van der Waals surface area contributed by atoms with Crippen LogP contribution in [0.15, 0.2) is 55.2 Å². The van der Waals surface area contributed by atoms with Crippen LogP contribution >= 0.6 is 0 Å². The van der Waals surface area contributed by atoms with Crippen LogP contribution in [0.3, 0.4) is 0 Å². The van der Waals surface area contributed by atoms with Crippen molar-refractivity contribution in [2.75, 3.05) is 5.32 Å². The van der Waals surface area contributed by atoms with Gasteiger partial charge in [-0.1, -0.05) is 6.07 Å². The van der Waals surface area contributed by atoms with Crippen molar-refractivity contribution in [2.24, 2.45) is 0 Å². The molecule has 2 N–H and O–H groups in total. The van der Waals surface area contributed by atoms with E-state index >= 15 is 0 Å². The van der Waals surface area contributed by atoms with E-state index in [4.69, 9.17) is 0 Å². The van der Waals surface area contributed by atoms with Crippen LogP contribution in [0.2, 0.25) is 0 Å². The average molecular weight is 495 g/mol. The van der Waals surface area contributed by atoms with Crippen molar-refractivity contribution in [3.63, 3.8) is 0 Å². The lowest BCUT2D eigenvalue weighted by Crippen LogP contribution is -2.17. The quantitative estimate of drug-likeness (QED) is 0.381. The summed E-state index contributed by atoms with van der Waals surface area (Å²) in [6.45, 7) is 1.34. The molecule has 1 aromatic carbocycles. The second-order valence-electron chi connectivity index (χ2n) is 7.39. The first-order valence-electron chi connectivity index (χ1n) is 9.89. The van der Waals surface area contributed by atoms with E-state index in [9.17, 15) is 31.1 Å². The van der Waals surface area contributed by atoms with Crippen molar-refractivity contribution in [1.29, 1.82) is 0 Å². The van der Waals surface area contributed by atoms with Crippen LogP contribution in [0, 0.1) is 0 Å². The molecule has 3 heterocycles. The van der Waals surface area contributed by atoms with Gasteiger partial charge in [-0.3, -0.25) is 24.5 Å². The van der Waals surface area contributed by atoms with Gasteiger partial charge >= 0.3 is 12.4 Å². The highest BCUT2D eigenvalue weighted by Crippen LogP contribution is 2.39. The predicted octanol–water partition coefficient (Wildman–Crippen LogP) is 4.96. The number of alkyl halides is 6. The van der Waals surface area contributed by atoms with Crippen LogP contribution in [0.25, 0.3) is 11.4 Å². The number of benzene rings is 1. The van der Waals surface area contributed by atoms with Gasteiger partial charge in [0, 0.05) is 18.6 Å². The van der Waals surface area contributed by atoms with Crippen LogP contribution in [0.1, 0.15) is 40.1 Å². The van der Waals surface area contributed by atoms with E-state index in [2.05, 4.69) is 30.6 Å². The zero-order valence-corrected chi connectivity index (χ0v) is 17.7. The van der Waals surface area contributed by atoms with Crippen LogP contribution in [-0.2, 0) is 12.4 Å². The maximum absolute atomic E-state index is 13.5. The van der Waals surface area contributed by atoms with E-state index in [0.717, 1.165) is 10.7 Å². The Morgan fingerprint density at radius 2 is 1.83 bits per heavy atom. The summed E-state index contributed by atoms with van der Waals surface area (Å²) < 4.78 is 80.4. The van der Waals surface area contributed by atoms with Crippen molar-refractivity contribution >= 4 is 11.6 Å². The number of hydrogen-bond donors (Lipinski definition) is 2. The third-order valence-electron chi connectivity index (χ3n) is 5.04. The highest BCUT2D eigenvalue weighted by atomic mass is 19.4. The summed E-state index contributed by atoms with van der Waals surface area (Å²) in [4.78, 5) is 20.5. The fourth-order valence-corrected chi connectivity index (χ4v) is 3.30. The molecule has 14 heteroatoms. The Bertz CT molecular complexity index is 1340. The van der Waals surface area contributed by atoms with E-state index in [1.54, 1.807) is 0 Å². The number of carbonyl (C=O) groups is 1. The number of anilines is 1. The lowest BCUT2D eigenvalue weighted by molar-refractivity contribution is -0.143. The van der Waals surface area contributed by atoms with Crippen LogP contribution in [-0.4, -0.2) is 35.9 Å². The molecule has 3 aromatic heterocycles. The van der Waals surface area contributed by atoms with Crippen LogP contribution < -0.4 is 5.32 Å². The van der Waals surface area contributed by atoms with Crippen LogP contribution in [0.4, 0.5) is 32.0 Å². The largest absolute Gasteiger partial charge is 0.416 e. The maximum atomic E-state index is 13.5. The van der Waals surface area contributed by atoms with Gasteiger partial charge in [0.2, 0.25) is 0 Å². The Labute approximate surface area is 193 Å². The smallest absolute Gasteiger partial charge is 0.318 e. The summed E-state index contributed by atoms with van der Waals surface area (Å²) in [6, 6.07) is 1.77. The lowest BCUT2D eigenvalue weighted by atomic mass is 9.98. The monoisotopic (exact) mass is 495 g/mol. The summed E-state index contributed by atoms with van der Waals surface area (Å²) in [5.74, 6) is -0.630. The molecule has 0 aliphatic rings. The SMILES string of the molecule is C[C@@H](c1ccc(C(F)(F)F)cc1C(F)(F)F)n1cc(NC(=O)c2cc(-c3cnccn3)[nH]n2)cn1. The molecular weight excluding hydrogens is 480 g/mol.